The van der Waals surface area contributed by atoms with Gasteiger partial charge in [-0.1, -0.05) is 20.8 Å². The Bertz CT molecular complexity index is 344. The lowest BCUT2D eigenvalue weighted by atomic mass is 9.79. The molecule has 1 unspecified atom stereocenters. The van der Waals surface area contributed by atoms with E-state index in [4.69, 9.17) is 9.47 Å². The van der Waals surface area contributed by atoms with Gasteiger partial charge in [-0.3, -0.25) is 4.79 Å². The highest BCUT2D eigenvalue weighted by Gasteiger charge is 2.34. The highest BCUT2D eigenvalue weighted by atomic mass is 16.5. The van der Waals surface area contributed by atoms with E-state index in [1.807, 2.05) is 13.8 Å². The van der Waals surface area contributed by atoms with Gasteiger partial charge in [-0.2, -0.15) is 0 Å². The molecule has 5 heteroatoms. The maximum atomic E-state index is 11.7. The number of carbonyl (C=O) groups is 2. The monoisotopic (exact) mass is 271 g/mol. The molecule has 1 saturated heterocycles. The third-order valence-electron chi connectivity index (χ3n) is 3.87. The van der Waals surface area contributed by atoms with E-state index in [1.165, 1.54) is 0 Å². The van der Waals surface area contributed by atoms with E-state index in [9.17, 15) is 9.59 Å². The number of carbonyl (C=O) groups excluding carboxylic acids is 2. The summed E-state index contributed by atoms with van der Waals surface area (Å²) in [5, 5.41) is 2.66. The van der Waals surface area contributed by atoms with Gasteiger partial charge in [0.25, 0.3) is 0 Å². The van der Waals surface area contributed by atoms with Crippen molar-refractivity contribution in [1.29, 1.82) is 0 Å². The molecule has 0 aromatic heterocycles. The van der Waals surface area contributed by atoms with Crippen molar-refractivity contribution >= 4 is 11.9 Å². The van der Waals surface area contributed by atoms with Crippen LogP contribution in [0.3, 0.4) is 0 Å². The number of amides is 1. The first-order valence-corrected chi connectivity index (χ1v) is 6.73. The zero-order chi connectivity index (χ0) is 14.7. The predicted octanol–water partition coefficient (Wildman–Crippen LogP) is 1.65. The third-order valence-corrected chi connectivity index (χ3v) is 3.87. The number of hydrogen-bond acceptors (Lipinski definition) is 4. The van der Waals surface area contributed by atoms with E-state index in [2.05, 4.69) is 26.1 Å². The molecule has 0 radical (unpaired) electrons. The van der Waals surface area contributed by atoms with Crippen molar-refractivity contribution in [3.8, 4) is 0 Å². The first-order valence-electron chi connectivity index (χ1n) is 6.73. The van der Waals surface area contributed by atoms with E-state index in [0.29, 0.717) is 19.6 Å². The summed E-state index contributed by atoms with van der Waals surface area (Å²) in [6, 6.07) is -0.483. The molecule has 19 heavy (non-hydrogen) atoms. The Labute approximate surface area is 115 Å². The molecule has 1 fully saturated rings. The van der Waals surface area contributed by atoms with Gasteiger partial charge in [0, 0.05) is 6.42 Å². The lowest BCUT2D eigenvalue weighted by Crippen LogP contribution is -2.41. The molecule has 1 aliphatic rings. The largest absolute Gasteiger partial charge is 0.464 e. The lowest BCUT2D eigenvalue weighted by Gasteiger charge is -2.38. The maximum Gasteiger partial charge on any atom is 0.328 e. The van der Waals surface area contributed by atoms with Crippen LogP contribution < -0.4 is 5.32 Å². The van der Waals surface area contributed by atoms with Crippen molar-refractivity contribution in [2.75, 3.05) is 13.2 Å². The van der Waals surface area contributed by atoms with Gasteiger partial charge >= 0.3 is 5.97 Å². The van der Waals surface area contributed by atoms with E-state index >= 15 is 0 Å². The van der Waals surface area contributed by atoms with Gasteiger partial charge in [0.1, 0.15) is 6.04 Å². The van der Waals surface area contributed by atoms with Crippen LogP contribution in [0.15, 0.2) is 0 Å². The highest BCUT2D eigenvalue weighted by molar-refractivity contribution is 5.85. The molecule has 110 valence electrons. The molecule has 0 saturated carbocycles. The highest BCUT2D eigenvalue weighted by Crippen LogP contribution is 2.32. The summed E-state index contributed by atoms with van der Waals surface area (Å²) >= 11 is 0. The van der Waals surface area contributed by atoms with Gasteiger partial charge in [-0.15, -0.1) is 0 Å². The molecule has 1 rings (SSSR count). The minimum Gasteiger partial charge on any atom is -0.464 e. The average molecular weight is 271 g/mol. The molecular formula is C14H25NO4. The van der Waals surface area contributed by atoms with Gasteiger partial charge in [-0.25, -0.2) is 4.79 Å². The summed E-state index contributed by atoms with van der Waals surface area (Å²) in [7, 11) is 0. The van der Waals surface area contributed by atoms with Crippen LogP contribution in [0.5, 0.6) is 0 Å². The van der Waals surface area contributed by atoms with Crippen LogP contribution in [0, 0.1) is 5.41 Å². The molecular weight excluding hydrogens is 246 g/mol. The first kappa shape index (κ1) is 16.0. The van der Waals surface area contributed by atoms with Gasteiger partial charge in [0.05, 0.1) is 25.2 Å². The van der Waals surface area contributed by atoms with Crippen molar-refractivity contribution in [1.82, 2.24) is 5.32 Å². The van der Waals surface area contributed by atoms with E-state index in [-0.39, 0.29) is 29.3 Å². The Morgan fingerprint density at radius 1 is 1.37 bits per heavy atom. The number of ether oxygens (including phenoxy) is 2. The fourth-order valence-corrected chi connectivity index (χ4v) is 1.51. The van der Waals surface area contributed by atoms with E-state index < -0.39 is 6.04 Å². The van der Waals surface area contributed by atoms with Crippen LogP contribution in [-0.4, -0.2) is 36.7 Å². The smallest absolute Gasteiger partial charge is 0.328 e. The molecule has 5 nitrogen and oxygen atoms in total. The first-order chi connectivity index (χ1) is 8.63. The number of hydrogen-bond donors (Lipinski definition) is 1. The summed E-state index contributed by atoms with van der Waals surface area (Å²) in [4.78, 5) is 22.9. The topological polar surface area (TPSA) is 64.6 Å². The maximum absolute atomic E-state index is 11.7. The molecule has 1 amide bonds. The number of esters is 1. The van der Waals surface area contributed by atoms with Crippen molar-refractivity contribution < 1.29 is 19.1 Å². The van der Waals surface area contributed by atoms with Crippen LogP contribution in [0.2, 0.25) is 0 Å². The second-order valence-electron chi connectivity index (χ2n) is 6.44. The van der Waals surface area contributed by atoms with Crippen LogP contribution in [0.25, 0.3) is 0 Å². The average Bonchev–Trinajstić information content (AvgIpc) is 2.62. The fourth-order valence-electron chi connectivity index (χ4n) is 1.51. The molecule has 0 aliphatic carbocycles. The molecule has 1 aliphatic heterocycles. The number of nitrogens with one attached hydrogen (secondary N) is 1. The lowest BCUT2D eigenvalue weighted by molar-refractivity contribution is -0.142. The molecule has 1 N–H and O–H groups in total. The van der Waals surface area contributed by atoms with Gasteiger partial charge in [0.15, 0.2) is 0 Å². The van der Waals surface area contributed by atoms with Crippen molar-refractivity contribution in [2.24, 2.45) is 5.41 Å². The van der Waals surface area contributed by atoms with Crippen molar-refractivity contribution in [3.63, 3.8) is 0 Å². The molecule has 0 aromatic rings. The summed E-state index contributed by atoms with van der Waals surface area (Å²) < 4.78 is 10.6. The van der Waals surface area contributed by atoms with Gasteiger partial charge in [-0.05, 0) is 19.3 Å². The van der Waals surface area contributed by atoms with Gasteiger partial charge < -0.3 is 14.8 Å². The molecule has 1 atom stereocenters. The molecule has 0 bridgehead atoms. The second kappa shape index (κ2) is 5.90. The fraction of sp³-hybridized carbons (Fsp3) is 0.857. The number of cyclic esters (lactones) is 1. The zero-order valence-electron chi connectivity index (χ0n) is 12.5. The van der Waals surface area contributed by atoms with Gasteiger partial charge in [0.2, 0.25) is 5.91 Å². The van der Waals surface area contributed by atoms with Crippen molar-refractivity contribution in [2.45, 2.75) is 59.1 Å². The van der Waals surface area contributed by atoms with E-state index in [0.717, 1.165) is 0 Å². The van der Waals surface area contributed by atoms with E-state index in [1.54, 1.807) is 0 Å². The number of rotatable bonds is 5. The minimum absolute atomic E-state index is 0.00126. The molecule has 0 aromatic carbocycles. The Morgan fingerprint density at radius 2 is 2.00 bits per heavy atom. The van der Waals surface area contributed by atoms with Crippen molar-refractivity contribution in [3.05, 3.63) is 0 Å². The zero-order valence-corrected chi connectivity index (χ0v) is 12.5. The second-order valence-corrected chi connectivity index (χ2v) is 6.44. The summed E-state index contributed by atoms with van der Waals surface area (Å²) in [5.41, 5.74) is -0.307. The van der Waals surface area contributed by atoms with Crippen LogP contribution in [0.1, 0.15) is 47.5 Å². The van der Waals surface area contributed by atoms with Crippen LogP contribution in [0.4, 0.5) is 0 Å². The Hall–Kier alpha value is -1.10. The normalized spacial score (nSPS) is 20.3. The molecule has 0 spiro atoms. The molecule has 1 heterocycles. The summed E-state index contributed by atoms with van der Waals surface area (Å²) in [6.45, 7) is 11.1. The minimum atomic E-state index is -0.483. The Morgan fingerprint density at radius 3 is 2.47 bits per heavy atom. The van der Waals surface area contributed by atoms with Crippen LogP contribution >= 0.6 is 0 Å². The summed E-state index contributed by atoms with van der Waals surface area (Å²) in [5.74, 6) is -0.516. The standard InChI is InChI=1S/C14H25NO4/c1-13(2,3)14(4,5)19-9-7-11(16)15-10-6-8-18-12(10)17/h10H,6-9H2,1-5H3,(H,15,16). The Balaban J connectivity index is 2.29. The third kappa shape index (κ3) is 4.49. The predicted molar refractivity (Wildman–Crippen MR) is 71.6 cm³/mol. The summed E-state index contributed by atoms with van der Waals surface area (Å²) in [6.07, 6.45) is 0.808. The Kier molecular flexibility index (Phi) is 4.96. The van der Waals surface area contributed by atoms with Crippen LogP contribution in [-0.2, 0) is 19.1 Å². The SMILES string of the molecule is CC(C)(C)C(C)(C)OCCC(=O)NC1CCOC1=O. The quantitative estimate of drug-likeness (QED) is 0.772.